The van der Waals surface area contributed by atoms with E-state index >= 15 is 0 Å². The van der Waals surface area contributed by atoms with Crippen LogP contribution in [0.5, 0.6) is 11.5 Å². The van der Waals surface area contributed by atoms with Gasteiger partial charge in [0.05, 0.1) is 11.7 Å². The molecule has 0 aliphatic carbocycles. The predicted molar refractivity (Wildman–Crippen MR) is 76.4 cm³/mol. The number of fused-ring (bicyclic) bond motifs is 2. The fourth-order valence-electron chi connectivity index (χ4n) is 2.57. The number of hydrogen-bond donors (Lipinski definition) is 0. The van der Waals surface area contributed by atoms with Gasteiger partial charge in [-0.2, -0.15) is 0 Å². The highest BCUT2D eigenvalue weighted by Gasteiger charge is 2.17. The zero-order valence-corrected chi connectivity index (χ0v) is 11.2. The monoisotopic (exact) mass is 266 g/mol. The van der Waals surface area contributed by atoms with E-state index < -0.39 is 0 Å². The van der Waals surface area contributed by atoms with Gasteiger partial charge in [0.25, 0.3) is 0 Å². The summed E-state index contributed by atoms with van der Waals surface area (Å²) in [5.41, 5.74) is 3.28. The molecule has 3 heterocycles. The summed E-state index contributed by atoms with van der Waals surface area (Å²) in [5, 5.41) is 0. The van der Waals surface area contributed by atoms with E-state index in [-0.39, 0.29) is 0 Å². The Labute approximate surface area is 116 Å². The minimum absolute atomic E-state index is 0.595. The molecular formula is C16H14N2O2. The fraction of sp³-hybridized carbons (Fsp3) is 0.188. The highest BCUT2D eigenvalue weighted by molar-refractivity contribution is 5.69. The largest absolute Gasteiger partial charge is 0.486 e. The van der Waals surface area contributed by atoms with Gasteiger partial charge >= 0.3 is 0 Å². The number of imidazole rings is 1. The number of benzene rings is 1. The molecule has 100 valence electrons. The normalized spacial score (nSPS) is 13.7. The van der Waals surface area contributed by atoms with Crippen LogP contribution < -0.4 is 9.47 Å². The van der Waals surface area contributed by atoms with Crippen molar-refractivity contribution in [2.45, 2.75) is 6.92 Å². The molecule has 0 bridgehead atoms. The quantitative estimate of drug-likeness (QED) is 0.679. The first-order valence-electron chi connectivity index (χ1n) is 6.65. The molecule has 4 rings (SSSR count). The lowest BCUT2D eigenvalue weighted by molar-refractivity contribution is 0.171. The molecule has 0 N–H and O–H groups in total. The Morgan fingerprint density at radius 1 is 1.10 bits per heavy atom. The SMILES string of the molecule is Cc1cc2c(cc1-c1ncc3ccccn13)OCCO2. The van der Waals surface area contributed by atoms with E-state index in [9.17, 15) is 0 Å². The van der Waals surface area contributed by atoms with Gasteiger partial charge in [-0.25, -0.2) is 4.98 Å². The second-order valence-electron chi connectivity index (χ2n) is 4.89. The molecule has 0 unspecified atom stereocenters. The van der Waals surface area contributed by atoms with Crippen molar-refractivity contribution in [3.05, 3.63) is 48.3 Å². The Hall–Kier alpha value is -2.49. The van der Waals surface area contributed by atoms with Crippen molar-refractivity contribution in [3.63, 3.8) is 0 Å². The summed E-state index contributed by atoms with van der Waals surface area (Å²) in [5.74, 6) is 2.54. The summed E-state index contributed by atoms with van der Waals surface area (Å²) < 4.78 is 13.4. The third kappa shape index (κ3) is 1.65. The van der Waals surface area contributed by atoms with Crippen molar-refractivity contribution >= 4 is 5.52 Å². The number of rotatable bonds is 1. The molecule has 1 aliphatic rings. The van der Waals surface area contributed by atoms with Crippen molar-refractivity contribution in [1.82, 2.24) is 9.38 Å². The van der Waals surface area contributed by atoms with Crippen LogP contribution in [-0.2, 0) is 0 Å². The first kappa shape index (κ1) is 11.3. The number of hydrogen-bond acceptors (Lipinski definition) is 3. The third-order valence-corrected chi connectivity index (χ3v) is 3.57. The van der Waals surface area contributed by atoms with Crippen molar-refractivity contribution in [1.29, 1.82) is 0 Å². The molecule has 0 saturated carbocycles. The van der Waals surface area contributed by atoms with Crippen LogP contribution in [0.4, 0.5) is 0 Å². The highest BCUT2D eigenvalue weighted by Crippen LogP contribution is 2.36. The van der Waals surface area contributed by atoms with Crippen molar-refractivity contribution in [2.24, 2.45) is 0 Å². The molecule has 0 fully saturated rings. The van der Waals surface area contributed by atoms with Gasteiger partial charge in [0.2, 0.25) is 0 Å². The molecule has 0 spiro atoms. The average Bonchev–Trinajstić information content (AvgIpc) is 2.90. The summed E-state index contributed by atoms with van der Waals surface area (Å²) in [6, 6.07) is 10.1. The Kier molecular flexibility index (Phi) is 2.42. The van der Waals surface area contributed by atoms with Crippen molar-refractivity contribution < 1.29 is 9.47 Å². The Balaban J connectivity index is 1.93. The van der Waals surface area contributed by atoms with E-state index in [1.54, 1.807) is 0 Å². The topological polar surface area (TPSA) is 35.8 Å². The zero-order valence-electron chi connectivity index (χ0n) is 11.2. The van der Waals surface area contributed by atoms with Gasteiger partial charge in [-0.05, 0) is 36.8 Å². The maximum Gasteiger partial charge on any atom is 0.162 e. The minimum Gasteiger partial charge on any atom is -0.486 e. The number of aromatic nitrogens is 2. The second kappa shape index (κ2) is 4.27. The molecule has 20 heavy (non-hydrogen) atoms. The Morgan fingerprint density at radius 2 is 1.90 bits per heavy atom. The van der Waals surface area contributed by atoms with Gasteiger partial charge in [-0.1, -0.05) is 6.07 Å². The van der Waals surface area contributed by atoms with E-state index in [0.717, 1.165) is 34.0 Å². The van der Waals surface area contributed by atoms with Gasteiger partial charge in [0.1, 0.15) is 19.0 Å². The van der Waals surface area contributed by atoms with E-state index in [4.69, 9.17) is 9.47 Å². The summed E-state index contributed by atoms with van der Waals surface area (Å²) in [6.07, 6.45) is 3.90. The van der Waals surface area contributed by atoms with E-state index in [1.165, 1.54) is 0 Å². The third-order valence-electron chi connectivity index (χ3n) is 3.57. The zero-order chi connectivity index (χ0) is 13.5. The van der Waals surface area contributed by atoms with Crippen molar-refractivity contribution in [2.75, 3.05) is 13.2 Å². The van der Waals surface area contributed by atoms with Gasteiger partial charge in [0.15, 0.2) is 11.5 Å². The van der Waals surface area contributed by atoms with Crippen LogP contribution in [0.2, 0.25) is 0 Å². The van der Waals surface area contributed by atoms with Gasteiger partial charge in [-0.3, -0.25) is 4.40 Å². The first-order valence-corrected chi connectivity index (χ1v) is 6.65. The summed E-state index contributed by atoms with van der Waals surface area (Å²) in [7, 11) is 0. The summed E-state index contributed by atoms with van der Waals surface area (Å²) >= 11 is 0. The number of aryl methyl sites for hydroxylation is 1. The van der Waals surface area contributed by atoms with E-state index in [0.29, 0.717) is 13.2 Å². The summed E-state index contributed by atoms with van der Waals surface area (Å²) in [4.78, 5) is 4.54. The maximum atomic E-state index is 5.67. The molecule has 3 aromatic rings. The van der Waals surface area contributed by atoms with E-state index in [1.807, 2.05) is 42.7 Å². The predicted octanol–water partition coefficient (Wildman–Crippen LogP) is 3.08. The lowest BCUT2D eigenvalue weighted by Gasteiger charge is -2.20. The van der Waals surface area contributed by atoms with Crippen LogP contribution in [0.3, 0.4) is 0 Å². The molecule has 4 heteroatoms. The number of ether oxygens (including phenoxy) is 2. The van der Waals surface area contributed by atoms with Crippen LogP contribution >= 0.6 is 0 Å². The van der Waals surface area contributed by atoms with Crippen LogP contribution in [0.1, 0.15) is 5.56 Å². The van der Waals surface area contributed by atoms with E-state index in [2.05, 4.69) is 16.3 Å². The lowest BCUT2D eigenvalue weighted by Crippen LogP contribution is -2.15. The summed E-state index contributed by atoms with van der Waals surface area (Å²) in [6.45, 7) is 3.27. The Morgan fingerprint density at radius 3 is 2.75 bits per heavy atom. The molecule has 2 aromatic heterocycles. The van der Waals surface area contributed by atoms with Gasteiger partial charge in [0, 0.05) is 11.8 Å². The molecular weight excluding hydrogens is 252 g/mol. The average molecular weight is 266 g/mol. The van der Waals surface area contributed by atoms with Crippen LogP contribution in [0.15, 0.2) is 42.7 Å². The van der Waals surface area contributed by atoms with Crippen LogP contribution in [-0.4, -0.2) is 22.6 Å². The lowest BCUT2D eigenvalue weighted by atomic mass is 10.1. The van der Waals surface area contributed by atoms with Crippen LogP contribution in [0, 0.1) is 6.92 Å². The number of nitrogens with zero attached hydrogens (tertiary/aromatic N) is 2. The molecule has 0 radical (unpaired) electrons. The molecule has 0 atom stereocenters. The molecule has 4 nitrogen and oxygen atoms in total. The second-order valence-corrected chi connectivity index (χ2v) is 4.89. The molecule has 1 aliphatic heterocycles. The molecule has 0 amide bonds. The van der Waals surface area contributed by atoms with Gasteiger partial charge in [-0.15, -0.1) is 0 Å². The number of pyridine rings is 1. The van der Waals surface area contributed by atoms with Crippen molar-refractivity contribution in [3.8, 4) is 22.9 Å². The molecule has 0 saturated heterocycles. The molecule has 1 aromatic carbocycles. The fourth-order valence-corrected chi connectivity index (χ4v) is 2.57. The standard InChI is InChI=1S/C16H14N2O2/c1-11-8-14-15(20-7-6-19-14)9-13(11)16-17-10-12-4-2-3-5-18(12)16/h2-5,8-10H,6-7H2,1H3. The van der Waals surface area contributed by atoms with Crippen LogP contribution in [0.25, 0.3) is 16.9 Å². The smallest absolute Gasteiger partial charge is 0.162 e. The Bertz CT molecular complexity index is 792. The van der Waals surface area contributed by atoms with Gasteiger partial charge < -0.3 is 9.47 Å². The minimum atomic E-state index is 0.595. The first-order chi connectivity index (χ1) is 9.83. The maximum absolute atomic E-state index is 5.67. The highest BCUT2D eigenvalue weighted by atomic mass is 16.6.